The number of halogens is 2. The standard InChI is InChI=1S/C29H24Cl2N2O5/c1-18-12-14-21(15-13-18)26(34)33(31)24-27(35)32-23(22(16-30)17-37-28(24)32)29(36)38-25(19-8-4-2-5-9-19)20-10-6-3-7-11-20/h2-15,24-25,28H,16-17H2,1H3. The Morgan fingerprint density at radius 3 is 2.13 bits per heavy atom. The summed E-state index contributed by atoms with van der Waals surface area (Å²) >= 11 is 12.5. The van der Waals surface area contributed by atoms with Crippen molar-refractivity contribution in [3.8, 4) is 0 Å². The second-order valence-electron chi connectivity index (χ2n) is 9.03. The molecule has 0 N–H and O–H groups in total. The van der Waals surface area contributed by atoms with Crippen LogP contribution in [0.15, 0.2) is 96.2 Å². The monoisotopic (exact) mass is 550 g/mol. The minimum atomic E-state index is -1.11. The van der Waals surface area contributed by atoms with Crippen LogP contribution in [0.2, 0.25) is 0 Å². The van der Waals surface area contributed by atoms with Crippen LogP contribution in [0, 0.1) is 6.92 Å². The number of aryl methyl sites for hydroxylation is 1. The lowest BCUT2D eigenvalue weighted by Crippen LogP contribution is -2.72. The smallest absolute Gasteiger partial charge is 0.356 e. The molecule has 2 aliphatic heterocycles. The molecule has 9 heteroatoms. The summed E-state index contributed by atoms with van der Waals surface area (Å²) in [7, 11) is 0. The van der Waals surface area contributed by atoms with Crippen LogP contribution in [0.1, 0.15) is 33.2 Å². The number of esters is 1. The molecule has 0 spiro atoms. The molecule has 0 aliphatic carbocycles. The molecule has 2 atom stereocenters. The first kappa shape index (κ1) is 26.0. The summed E-state index contributed by atoms with van der Waals surface area (Å²) in [5.41, 5.74) is 3.28. The van der Waals surface area contributed by atoms with Crippen molar-refractivity contribution in [3.05, 3.63) is 118 Å². The molecule has 2 aliphatic rings. The van der Waals surface area contributed by atoms with Gasteiger partial charge in [0.2, 0.25) is 0 Å². The summed E-state index contributed by atoms with van der Waals surface area (Å²) < 4.78 is 12.7. The van der Waals surface area contributed by atoms with Crippen molar-refractivity contribution in [2.24, 2.45) is 0 Å². The van der Waals surface area contributed by atoms with Gasteiger partial charge in [0.15, 0.2) is 18.4 Å². The molecule has 0 saturated carbocycles. The molecule has 5 rings (SSSR count). The highest BCUT2D eigenvalue weighted by atomic mass is 35.5. The lowest BCUT2D eigenvalue weighted by Gasteiger charge is -2.51. The van der Waals surface area contributed by atoms with Gasteiger partial charge in [-0.3, -0.25) is 14.5 Å². The van der Waals surface area contributed by atoms with Crippen molar-refractivity contribution >= 4 is 41.2 Å². The van der Waals surface area contributed by atoms with Gasteiger partial charge < -0.3 is 9.47 Å². The number of β-lactam (4-membered cyclic amide) rings is 1. The van der Waals surface area contributed by atoms with Crippen LogP contribution in [0.4, 0.5) is 0 Å². The fourth-order valence-corrected chi connectivity index (χ4v) is 5.00. The first-order chi connectivity index (χ1) is 18.4. The third-order valence-corrected chi connectivity index (χ3v) is 7.23. The predicted molar refractivity (Wildman–Crippen MR) is 142 cm³/mol. The third-order valence-electron chi connectivity index (χ3n) is 6.54. The Labute approximate surface area is 230 Å². The molecular weight excluding hydrogens is 527 g/mol. The molecule has 2 unspecified atom stereocenters. The van der Waals surface area contributed by atoms with Gasteiger partial charge in [0.1, 0.15) is 5.70 Å². The number of ether oxygens (including phenoxy) is 2. The Kier molecular flexibility index (Phi) is 7.51. The van der Waals surface area contributed by atoms with E-state index in [1.54, 1.807) is 24.3 Å². The van der Waals surface area contributed by atoms with E-state index in [1.807, 2.05) is 67.6 Å². The maximum absolute atomic E-state index is 13.6. The van der Waals surface area contributed by atoms with Crippen molar-refractivity contribution in [2.45, 2.75) is 25.3 Å². The van der Waals surface area contributed by atoms with Gasteiger partial charge in [0.25, 0.3) is 11.8 Å². The van der Waals surface area contributed by atoms with E-state index >= 15 is 0 Å². The molecule has 3 aromatic carbocycles. The van der Waals surface area contributed by atoms with E-state index in [0.29, 0.717) is 11.1 Å². The van der Waals surface area contributed by atoms with Gasteiger partial charge in [-0.1, -0.05) is 78.4 Å². The normalized spacial score (nSPS) is 18.6. The number of carbonyl (C=O) groups is 3. The zero-order valence-corrected chi connectivity index (χ0v) is 21.9. The number of carbonyl (C=O) groups excluding carboxylic acids is 3. The molecule has 38 heavy (non-hydrogen) atoms. The molecule has 0 radical (unpaired) electrons. The topological polar surface area (TPSA) is 76.2 Å². The van der Waals surface area contributed by atoms with E-state index in [4.69, 9.17) is 32.9 Å². The van der Waals surface area contributed by atoms with Crippen LogP contribution in [-0.2, 0) is 19.1 Å². The highest BCUT2D eigenvalue weighted by molar-refractivity contribution is 6.26. The number of rotatable bonds is 7. The maximum atomic E-state index is 13.6. The molecule has 2 heterocycles. The Morgan fingerprint density at radius 2 is 1.58 bits per heavy atom. The summed E-state index contributed by atoms with van der Waals surface area (Å²) in [6.07, 6.45) is -1.66. The van der Waals surface area contributed by atoms with Crippen molar-refractivity contribution in [1.29, 1.82) is 0 Å². The number of hydrogen-bond donors (Lipinski definition) is 0. The fraction of sp³-hybridized carbons (Fsp3) is 0.207. The summed E-state index contributed by atoms with van der Waals surface area (Å²) in [6, 6.07) is 24.4. The Morgan fingerprint density at radius 1 is 1.00 bits per heavy atom. The van der Waals surface area contributed by atoms with Crippen molar-refractivity contribution in [1.82, 2.24) is 9.32 Å². The molecule has 3 aromatic rings. The van der Waals surface area contributed by atoms with Gasteiger partial charge >= 0.3 is 5.97 Å². The van der Waals surface area contributed by atoms with Gasteiger partial charge in [-0.2, -0.15) is 0 Å². The predicted octanol–water partition coefficient (Wildman–Crippen LogP) is 4.98. The number of amides is 2. The molecule has 0 bridgehead atoms. The first-order valence-corrected chi connectivity index (χ1v) is 12.9. The van der Waals surface area contributed by atoms with Crippen LogP contribution in [0.3, 0.4) is 0 Å². The second kappa shape index (κ2) is 11.0. The zero-order valence-electron chi connectivity index (χ0n) is 20.4. The van der Waals surface area contributed by atoms with E-state index in [2.05, 4.69) is 0 Å². The van der Waals surface area contributed by atoms with Gasteiger partial charge in [-0.05, 0) is 30.2 Å². The molecular formula is C29H24Cl2N2O5. The average molecular weight is 551 g/mol. The summed E-state index contributed by atoms with van der Waals surface area (Å²) in [5, 5.41) is 0. The minimum absolute atomic E-state index is 0.0102. The van der Waals surface area contributed by atoms with Crippen LogP contribution >= 0.6 is 23.4 Å². The average Bonchev–Trinajstić information content (AvgIpc) is 2.95. The van der Waals surface area contributed by atoms with Crippen LogP contribution in [-0.4, -0.2) is 51.9 Å². The Balaban J connectivity index is 1.40. The first-order valence-electron chi connectivity index (χ1n) is 12.0. The van der Waals surface area contributed by atoms with Crippen molar-refractivity contribution in [3.63, 3.8) is 0 Å². The van der Waals surface area contributed by atoms with E-state index < -0.39 is 36.2 Å². The Bertz CT molecular complexity index is 1340. The number of alkyl halides is 1. The summed E-state index contributed by atoms with van der Waals surface area (Å²) in [4.78, 5) is 41.1. The molecule has 1 fully saturated rings. The summed E-state index contributed by atoms with van der Waals surface area (Å²) in [5.74, 6) is -1.86. The van der Waals surface area contributed by atoms with Crippen LogP contribution < -0.4 is 0 Å². The maximum Gasteiger partial charge on any atom is 0.356 e. The van der Waals surface area contributed by atoms with E-state index in [0.717, 1.165) is 21.1 Å². The van der Waals surface area contributed by atoms with E-state index in [1.165, 1.54) is 4.90 Å². The molecule has 1 saturated heterocycles. The van der Waals surface area contributed by atoms with Gasteiger partial charge in [0, 0.05) is 28.8 Å². The largest absolute Gasteiger partial charge is 0.448 e. The van der Waals surface area contributed by atoms with Crippen LogP contribution in [0.25, 0.3) is 0 Å². The number of hydrogen-bond acceptors (Lipinski definition) is 5. The lowest BCUT2D eigenvalue weighted by molar-refractivity contribution is -0.189. The fourth-order valence-electron chi connectivity index (χ4n) is 4.52. The third kappa shape index (κ3) is 4.80. The second-order valence-corrected chi connectivity index (χ2v) is 9.66. The SMILES string of the molecule is Cc1ccc(C(=O)N(Cl)C2C(=O)N3C(C(=O)OC(c4ccccc4)c4ccccc4)=C(CCl)COC23)cc1. The van der Waals surface area contributed by atoms with Crippen LogP contribution in [0.5, 0.6) is 0 Å². The van der Waals surface area contributed by atoms with E-state index in [9.17, 15) is 14.4 Å². The minimum Gasteiger partial charge on any atom is -0.448 e. The molecule has 7 nitrogen and oxygen atoms in total. The van der Waals surface area contributed by atoms with Gasteiger partial charge in [0.05, 0.1) is 6.61 Å². The zero-order chi connectivity index (χ0) is 26.8. The highest BCUT2D eigenvalue weighted by Crippen LogP contribution is 2.38. The van der Waals surface area contributed by atoms with Gasteiger partial charge in [-0.15, -0.1) is 11.6 Å². The summed E-state index contributed by atoms with van der Waals surface area (Å²) in [6.45, 7) is 1.89. The number of benzene rings is 3. The van der Waals surface area contributed by atoms with Crippen molar-refractivity contribution in [2.75, 3.05) is 12.5 Å². The molecule has 0 aromatic heterocycles. The lowest BCUT2D eigenvalue weighted by atomic mass is 9.98. The van der Waals surface area contributed by atoms with Crippen molar-refractivity contribution < 1.29 is 23.9 Å². The number of nitrogens with zero attached hydrogens (tertiary/aromatic N) is 2. The number of fused-ring (bicyclic) bond motifs is 1. The Hall–Kier alpha value is -3.65. The quantitative estimate of drug-likeness (QED) is 0.179. The molecule has 2 amide bonds. The molecule has 194 valence electrons. The van der Waals surface area contributed by atoms with Gasteiger partial charge in [-0.25, -0.2) is 9.21 Å². The highest BCUT2D eigenvalue weighted by Gasteiger charge is 2.58. The van der Waals surface area contributed by atoms with E-state index in [-0.39, 0.29) is 18.2 Å².